The molecule has 0 radical (unpaired) electrons. The molecule has 0 aliphatic heterocycles. The molecule has 34 heavy (non-hydrogen) atoms. The smallest absolute Gasteiger partial charge is 0.254 e. The summed E-state index contributed by atoms with van der Waals surface area (Å²) in [5.41, 5.74) is 4.20. The Bertz CT molecular complexity index is 1380. The van der Waals surface area contributed by atoms with Gasteiger partial charge in [-0.1, -0.05) is 48.9 Å². The van der Waals surface area contributed by atoms with E-state index in [1.54, 1.807) is 37.4 Å². The molecule has 0 aliphatic rings. The molecular weight excluding hydrogens is 448 g/mol. The Balaban J connectivity index is 1.65. The number of pyridine rings is 1. The molecule has 3 aromatic carbocycles. The van der Waals surface area contributed by atoms with Crippen molar-refractivity contribution < 1.29 is 9.53 Å². The number of fused-ring (bicyclic) bond motifs is 1. The second-order valence-electron chi connectivity index (χ2n) is 8.21. The van der Waals surface area contributed by atoms with Crippen LogP contribution in [-0.2, 0) is 30.6 Å². The fourth-order valence-electron chi connectivity index (χ4n) is 4.01. The van der Waals surface area contributed by atoms with E-state index in [9.17, 15) is 9.59 Å². The molecular formula is C28H27ClN2O3. The lowest BCUT2D eigenvalue weighted by atomic mass is 10.0. The van der Waals surface area contributed by atoms with Crippen molar-refractivity contribution in [1.29, 1.82) is 0 Å². The molecule has 0 fully saturated rings. The summed E-state index contributed by atoms with van der Waals surface area (Å²) in [6, 6.07) is 22.9. The maximum absolute atomic E-state index is 13.5. The second kappa shape index (κ2) is 10.6. The number of hydrogen-bond acceptors (Lipinski definition) is 3. The van der Waals surface area contributed by atoms with Crippen molar-refractivity contribution >= 4 is 34.1 Å². The third kappa shape index (κ3) is 5.49. The van der Waals surface area contributed by atoms with Crippen LogP contribution in [0.4, 0.5) is 5.69 Å². The normalized spacial score (nSPS) is 10.9. The summed E-state index contributed by atoms with van der Waals surface area (Å²) < 4.78 is 6.88. The molecule has 1 amide bonds. The summed E-state index contributed by atoms with van der Waals surface area (Å²) in [6.07, 6.45) is 2.33. The van der Waals surface area contributed by atoms with Gasteiger partial charge in [-0.15, -0.1) is 0 Å². The molecule has 1 N–H and O–H groups in total. The number of anilines is 1. The lowest BCUT2D eigenvalue weighted by Gasteiger charge is -2.14. The van der Waals surface area contributed by atoms with Crippen LogP contribution in [0.2, 0.25) is 5.02 Å². The molecule has 1 aromatic heterocycles. The summed E-state index contributed by atoms with van der Waals surface area (Å²) in [7, 11) is 1.58. The van der Waals surface area contributed by atoms with Crippen LogP contribution >= 0.6 is 11.6 Å². The van der Waals surface area contributed by atoms with E-state index in [1.165, 1.54) is 15.7 Å². The van der Waals surface area contributed by atoms with Gasteiger partial charge in [-0.3, -0.25) is 14.2 Å². The highest BCUT2D eigenvalue weighted by atomic mass is 35.5. The third-order valence-corrected chi connectivity index (χ3v) is 6.14. The first-order valence-corrected chi connectivity index (χ1v) is 11.7. The minimum atomic E-state index is -0.305. The lowest BCUT2D eigenvalue weighted by molar-refractivity contribution is -0.116. The van der Waals surface area contributed by atoms with Crippen LogP contribution in [0, 0.1) is 0 Å². The Hall–Kier alpha value is -3.57. The van der Waals surface area contributed by atoms with Gasteiger partial charge in [0.15, 0.2) is 0 Å². The number of aryl methyl sites for hydroxylation is 3. The molecule has 174 valence electrons. The number of carbonyl (C=O) groups excluding carboxylic acids is 1. The van der Waals surface area contributed by atoms with Crippen molar-refractivity contribution in [1.82, 2.24) is 4.57 Å². The highest BCUT2D eigenvalue weighted by molar-refractivity contribution is 6.30. The van der Waals surface area contributed by atoms with Crippen molar-refractivity contribution in [3.63, 3.8) is 0 Å². The first-order valence-electron chi connectivity index (χ1n) is 11.3. The Morgan fingerprint density at radius 2 is 1.74 bits per heavy atom. The molecule has 0 atom stereocenters. The van der Waals surface area contributed by atoms with E-state index >= 15 is 0 Å². The van der Waals surface area contributed by atoms with Gasteiger partial charge < -0.3 is 10.1 Å². The lowest BCUT2D eigenvalue weighted by Crippen LogP contribution is -2.30. The number of halogens is 1. The van der Waals surface area contributed by atoms with Gasteiger partial charge in [-0.2, -0.15) is 0 Å². The standard InChI is InChI=1S/C28H27ClN2O3/c1-3-19-7-9-20(10-8-19)11-12-22-15-21-13-14-25(34-2)17-26(21)31(28(22)33)18-27(32)30-24-6-4-5-23(29)16-24/h4-10,13-17H,3,11-12,18H2,1-2H3,(H,30,32). The van der Waals surface area contributed by atoms with Crippen LogP contribution in [0.1, 0.15) is 23.6 Å². The van der Waals surface area contributed by atoms with E-state index in [-0.39, 0.29) is 18.0 Å². The Morgan fingerprint density at radius 3 is 2.44 bits per heavy atom. The quantitative estimate of drug-likeness (QED) is 0.359. The molecule has 0 unspecified atom stereocenters. The van der Waals surface area contributed by atoms with Gasteiger partial charge in [0.25, 0.3) is 5.56 Å². The fraction of sp³-hybridized carbons (Fsp3) is 0.214. The van der Waals surface area contributed by atoms with Gasteiger partial charge in [-0.25, -0.2) is 0 Å². The summed E-state index contributed by atoms with van der Waals surface area (Å²) >= 11 is 6.03. The van der Waals surface area contributed by atoms with Crippen LogP contribution in [0.3, 0.4) is 0 Å². The second-order valence-corrected chi connectivity index (χ2v) is 8.65. The topological polar surface area (TPSA) is 60.3 Å². The molecule has 4 rings (SSSR count). The van der Waals surface area contributed by atoms with Crippen LogP contribution in [0.25, 0.3) is 10.9 Å². The number of methoxy groups -OCH3 is 1. The largest absolute Gasteiger partial charge is 0.497 e. The predicted molar refractivity (Wildman–Crippen MR) is 138 cm³/mol. The van der Waals surface area contributed by atoms with Crippen molar-refractivity contribution in [3.05, 3.63) is 105 Å². The van der Waals surface area contributed by atoms with Crippen molar-refractivity contribution in [2.75, 3.05) is 12.4 Å². The van der Waals surface area contributed by atoms with Gasteiger partial charge in [0.2, 0.25) is 5.91 Å². The molecule has 4 aromatic rings. The number of nitrogens with zero attached hydrogens (tertiary/aromatic N) is 1. The summed E-state index contributed by atoms with van der Waals surface area (Å²) in [5, 5.41) is 4.23. The number of benzene rings is 3. The van der Waals surface area contributed by atoms with E-state index < -0.39 is 0 Å². The van der Waals surface area contributed by atoms with Gasteiger partial charge in [0, 0.05) is 22.3 Å². The maximum atomic E-state index is 13.5. The average molecular weight is 475 g/mol. The zero-order valence-corrected chi connectivity index (χ0v) is 20.1. The average Bonchev–Trinajstić information content (AvgIpc) is 2.84. The van der Waals surface area contributed by atoms with Crippen LogP contribution in [0.5, 0.6) is 5.75 Å². The summed E-state index contributed by atoms with van der Waals surface area (Å²) in [5.74, 6) is 0.320. The Kier molecular flexibility index (Phi) is 7.33. The molecule has 0 saturated carbocycles. The number of nitrogens with one attached hydrogen (secondary N) is 1. The zero-order chi connectivity index (χ0) is 24.1. The van der Waals surface area contributed by atoms with Crippen molar-refractivity contribution in [2.45, 2.75) is 32.7 Å². The zero-order valence-electron chi connectivity index (χ0n) is 19.3. The van der Waals surface area contributed by atoms with Crippen LogP contribution < -0.4 is 15.6 Å². The predicted octanol–water partition coefficient (Wildman–Crippen LogP) is 5.65. The number of aromatic nitrogens is 1. The van der Waals surface area contributed by atoms with E-state index in [4.69, 9.17) is 16.3 Å². The SMILES string of the molecule is CCc1ccc(CCc2cc3ccc(OC)cc3n(CC(=O)Nc3cccc(Cl)c3)c2=O)cc1. The Morgan fingerprint density at radius 1 is 0.971 bits per heavy atom. The summed E-state index contributed by atoms with van der Waals surface area (Å²) in [6.45, 7) is 2.01. The van der Waals surface area contributed by atoms with Crippen LogP contribution in [-0.4, -0.2) is 17.6 Å². The van der Waals surface area contributed by atoms with E-state index in [1.807, 2.05) is 18.2 Å². The first-order chi connectivity index (χ1) is 16.5. The monoisotopic (exact) mass is 474 g/mol. The molecule has 5 nitrogen and oxygen atoms in total. The molecule has 0 spiro atoms. The number of rotatable bonds is 8. The molecule has 6 heteroatoms. The highest BCUT2D eigenvalue weighted by Crippen LogP contribution is 2.22. The Labute approximate surface area is 204 Å². The van der Waals surface area contributed by atoms with E-state index in [0.29, 0.717) is 34.0 Å². The van der Waals surface area contributed by atoms with Crippen molar-refractivity contribution in [2.24, 2.45) is 0 Å². The van der Waals surface area contributed by atoms with Gasteiger partial charge >= 0.3 is 0 Å². The van der Waals surface area contributed by atoms with Crippen LogP contribution in [0.15, 0.2) is 77.6 Å². The number of amides is 1. The number of ether oxygens (including phenoxy) is 1. The molecule has 0 saturated heterocycles. The van der Waals surface area contributed by atoms with Gasteiger partial charge in [-0.05, 0) is 72.2 Å². The summed E-state index contributed by atoms with van der Waals surface area (Å²) in [4.78, 5) is 26.3. The van der Waals surface area contributed by atoms with Crippen molar-refractivity contribution in [3.8, 4) is 5.75 Å². The number of hydrogen-bond donors (Lipinski definition) is 1. The number of carbonyl (C=O) groups is 1. The molecule has 1 heterocycles. The van der Waals surface area contributed by atoms with Gasteiger partial charge in [0.05, 0.1) is 12.6 Å². The van der Waals surface area contributed by atoms with E-state index in [2.05, 4.69) is 36.5 Å². The molecule has 0 bridgehead atoms. The fourth-order valence-corrected chi connectivity index (χ4v) is 4.20. The maximum Gasteiger partial charge on any atom is 0.254 e. The molecule has 0 aliphatic carbocycles. The minimum Gasteiger partial charge on any atom is -0.497 e. The van der Waals surface area contributed by atoms with Gasteiger partial charge in [0.1, 0.15) is 12.3 Å². The van der Waals surface area contributed by atoms with E-state index in [0.717, 1.165) is 18.2 Å². The highest BCUT2D eigenvalue weighted by Gasteiger charge is 2.14. The third-order valence-electron chi connectivity index (χ3n) is 5.90. The first kappa shape index (κ1) is 23.6. The minimum absolute atomic E-state index is 0.117.